The Morgan fingerprint density at radius 2 is 1.64 bits per heavy atom. The monoisotopic (exact) mass is 416 g/mol. The van der Waals surface area contributed by atoms with E-state index in [0.29, 0.717) is 0 Å². The molecular weight excluding hydrogens is 400 g/mol. The Labute approximate surface area is 159 Å². The number of alkyl halides is 3. The number of carbonyl (C=O) groups excluding carboxylic acids is 1. The van der Waals surface area contributed by atoms with Crippen molar-refractivity contribution < 1.29 is 30.8 Å². The van der Waals surface area contributed by atoms with Gasteiger partial charge in [-0.2, -0.15) is 13.2 Å². The number of sulfonamides is 1. The predicted molar refractivity (Wildman–Crippen MR) is 94.5 cm³/mol. The zero-order valence-electron chi connectivity index (χ0n) is 14.3. The van der Waals surface area contributed by atoms with E-state index in [1.807, 2.05) is 5.32 Å². The molecule has 1 unspecified atom stereocenters. The number of hydrogen-bond donors (Lipinski definition) is 2. The maximum Gasteiger partial charge on any atom is 0.412 e. The molecule has 10 heteroatoms. The van der Waals surface area contributed by atoms with Crippen molar-refractivity contribution in [2.24, 2.45) is 0 Å². The van der Waals surface area contributed by atoms with E-state index in [9.17, 15) is 30.8 Å². The van der Waals surface area contributed by atoms with Crippen LogP contribution in [0.1, 0.15) is 22.0 Å². The highest BCUT2D eigenvalue weighted by Crippen LogP contribution is 2.33. The lowest BCUT2D eigenvalue weighted by atomic mass is 10.1. The summed E-state index contributed by atoms with van der Waals surface area (Å²) in [5.41, 5.74) is -0.505. The van der Waals surface area contributed by atoms with Crippen molar-refractivity contribution in [3.8, 4) is 0 Å². The molecule has 0 aromatic heterocycles. The van der Waals surface area contributed by atoms with Crippen molar-refractivity contribution in [3.05, 3.63) is 78.1 Å². The van der Waals surface area contributed by atoms with Gasteiger partial charge < -0.3 is 5.32 Å². The van der Waals surface area contributed by atoms with E-state index in [2.05, 4.69) is 11.3 Å². The minimum absolute atomic E-state index is 0.00446. The molecule has 28 heavy (non-hydrogen) atoms. The van der Waals surface area contributed by atoms with Crippen LogP contribution in [0.15, 0.2) is 66.1 Å². The van der Waals surface area contributed by atoms with Crippen LogP contribution >= 0.6 is 0 Å². The lowest BCUT2D eigenvalue weighted by Gasteiger charge is -2.22. The van der Waals surface area contributed by atoms with Crippen LogP contribution < -0.4 is 10.0 Å². The Kier molecular flexibility index (Phi) is 6.57. The zero-order chi connectivity index (χ0) is 20.9. The molecule has 0 spiro atoms. The summed E-state index contributed by atoms with van der Waals surface area (Å²) in [5.74, 6) is -1.77. The third-order valence-corrected chi connectivity index (χ3v) is 5.09. The molecule has 0 saturated heterocycles. The number of halogens is 4. The summed E-state index contributed by atoms with van der Waals surface area (Å²) in [7, 11) is -3.83. The van der Waals surface area contributed by atoms with Crippen molar-refractivity contribution in [2.45, 2.75) is 17.1 Å². The van der Waals surface area contributed by atoms with Crippen LogP contribution in [0.3, 0.4) is 0 Å². The Morgan fingerprint density at radius 1 is 1.07 bits per heavy atom. The molecule has 0 radical (unpaired) electrons. The lowest BCUT2D eigenvalue weighted by molar-refractivity contribution is -0.155. The fraction of sp³-hybridized carbons (Fsp3) is 0.167. The van der Waals surface area contributed by atoms with Crippen LogP contribution in [0, 0.1) is 5.82 Å². The summed E-state index contributed by atoms with van der Waals surface area (Å²) < 4.78 is 79.0. The molecule has 2 N–H and O–H groups in total. The van der Waals surface area contributed by atoms with Crippen LogP contribution in [-0.4, -0.2) is 27.0 Å². The molecule has 150 valence electrons. The number of nitrogens with one attached hydrogen (secondary N) is 2. The Bertz CT molecular complexity index is 940. The number of rotatable bonds is 7. The number of benzene rings is 2. The zero-order valence-corrected chi connectivity index (χ0v) is 15.1. The molecule has 1 atom stereocenters. The summed E-state index contributed by atoms with van der Waals surface area (Å²) in [4.78, 5) is 12.1. The van der Waals surface area contributed by atoms with E-state index in [1.54, 1.807) is 0 Å². The summed E-state index contributed by atoms with van der Waals surface area (Å²) >= 11 is 0. The van der Waals surface area contributed by atoms with Crippen LogP contribution in [0.25, 0.3) is 0 Å². The van der Waals surface area contributed by atoms with Gasteiger partial charge in [-0.15, -0.1) is 6.58 Å². The van der Waals surface area contributed by atoms with Gasteiger partial charge in [-0.05, 0) is 42.0 Å². The van der Waals surface area contributed by atoms with Gasteiger partial charge in [-0.25, -0.2) is 17.5 Å². The highest BCUT2D eigenvalue weighted by Gasteiger charge is 2.42. The minimum atomic E-state index is -4.81. The Balaban J connectivity index is 2.22. The molecule has 0 aliphatic heterocycles. The topological polar surface area (TPSA) is 75.3 Å². The van der Waals surface area contributed by atoms with Gasteiger partial charge in [-0.3, -0.25) is 4.79 Å². The van der Waals surface area contributed by atoms with Gasteiger partial charge >= 0.3 is 6.18 Å². The van der Waals surface area contributed by atoms with Gasteiger partial charge in [0.05, 0.1) is 4.90 Å². The molecular formula is C18H16F4N2O3S. The molecule has 0 aliphatic rings. The third kappa shape index (κ3) is 5.40. The highest BCUT2D eigenvalue weighted by atomic mass is 32.2. The van der Waals surface area contributed by atoms with Gasteiger partial charge in [-0.1, -0.05) is 18.2 Å². The first-order valence-electron chi connectivity index (χ1n) is 7.88. The third-order valence-electron chi connectivity index (χ3n) is 3.65. The van der Waals surface area contributed by atoms with Crippen molar-refractivity contribution >= 4 is 15.9 Å². The molecule has 5 nitrogen and oxygen atoms in total. The highest BCUT2D eigenvalue weighted by molar-refractivity contribution is 7.89. The fourth-order valence-corrected chi connectivity index (χ4v) is 3.26. The number of hydrogen-bond acceptors (Lipinski definition) is 3. The Morgan fingerprint density at radius 3 is 2.14 bits per heavy atom. The summed E-state index contributed by atoms with van der Waals surface area (Å²) in [5, 5.41) is 1.84. The number of amides is 1. The van der Waals surface area contributed by atoms with Crippen LogP contribution in [0.2, 0.25) is 0 Å². The molecule has 0 fully saturated rings. The van der Waals surface area contributed by atoms with Crippen molar-refractivity contribution in [1.29, 1.82) is 0 Å². The normalized spacial score (nSPS) is 13.0. The molecule has 2 aromatic carbocycles. The van der Waals surface area contributed by atoms with Gasteiger partial charge in [0.25, 0.3) is 5.91 Å². The first-order chi connectivity index (χ1) is 13.0. The molecule has 2 rings (SSSR count). The van der Waals surface area contributed by atoms with Gasteiger partial charge in [0.15, 0.2) is 6.04 Å². The van der Waals surface area contributed by atoms with Crippen molar-refractivity contribution in [3.63, 3.8) is 0 Å². The second-order valence-electron chi connectivity index (χ2n) is 5.66. The van der Waals surface area contributed by atoms with Crippen LogP contribution in [0.4, 0.5) is 17.6 Å². The predicted octanol–water partition coefficient (Wildman–Crippen LogP) is 3.32. The van der Waals surface area contributed by atoms with Crippen LogP contribution in [0.5, 0.6) is 0 Å². The molecule has 0 saturated carbocycles. The average Bonchev–Trinajstić information content (AvgIpc) is 2.64. The Hall–Kier alpha value is -2.72. The van der Waals surface area contributed by atoms with Crippen LogP contribution in [-0.2, 0) is 10.0 Å². The first kappa shape index (κ1) is 21.6. The van der Waals surface area contributed by atoms with Crippen molar-refractivity contribution in [1.82, 2.24) is 10.0 Å². The van der Waals surface area contributed by atoms with Gasteiger partial charge in [0.1, 0.15) is 5.82 Å². The van der Waals surface area contributed by atoms with E-state index in [4.69, 9.17) is 0 Å². The van der Waals surface area contributed by atoms with Gasteiger partial charge in [0, 0.05) is 12.1 Å². The number of carbonyl (C=O) groups is 1. The van der Waals surface area contributed by atoms with E-state index in [1.165, 1.54) is 6.08 Å². The summed E-state index contributed by atoms with van der Waals surface area (Å²) in [6.45, 7) is 3.37. The second kappa shape index (κ2) is 8.53. The smallest absolute Gasteiger partial charge is 0.337 e. The minimum Gasteiger partial charge on any atom is -0.337 e. The molecule has 1 amide bonds. The largest absolute Gasteiger partial charge is 0.412 e. The lowest BCUT2D eigenvalue weighted by Crippen LogP contribution is -2.38. The molecule has 2 aromatic rings. The van der Waals surface area contributed by atoms with Crippen molar-refractivity contribution in [2.75, 3.05) is 6.54 Å². The first-order valence-corrected chi connectivity index (χ1v) is 9.36. The molecule has 0 bridgehead atoms. The molecule has 0 heterocycles. The second-order valence-corrected chi connectivity index (χ2v) is 7.43. The molecule has 0 aliphatic carbocycles. The van der Waals surface area contributed by atoms with E-state index >= 15 is 0 Å². The SMILES string of the molecule is C=CCNS(=O)(=O)c1ccc(C(=O)NC(c2ccc(F)cc2)C(F)(F)F)cc1. The fourth-order valence-electron chi connectivity index (χ4n) is 2.26. The van der Waals surface area contributed by atoms with E-state index in [0.717, 1.165) is 48.5 Å². The van der Waals surface area contributed by atoms with Gasteiger partial charge in [0.2, 0.25) is 10.0 Å². The summed E-state index contributed by atoms with van der Waals surface area (Å²) in [6.07, 6.45) is -3.47. The maximum atomic E-state index is 13.3. The van der Waals surface area contributed by atoms with E-state index in [-0.39, 0.29) is 22.6 Å². The quantitative estimate of drug-likeness (QED) is 0.537. The summed E-state index contributed by atoms with van der Waals surface area (Å²) in [6, 6.07) is 5.60. The van der Waals surface area contributed by atoms with E-state index < -0.39 is 34.0 Å². The standard InChI is InChI=1S/C18H16F4N2O3S/c1-2-11-23-28(26,27)15-9-5-13(6-10-15)17(25)24-16(18(20,21)22)12-3-7-14(19)8-4-12/h2-10,16,23H,1,11H2,(H,24,25). The maximum absolute atomic E-state index is 13.3. The average molecular weight is 416 g/mol.